The van der Waals surface area contributed by atoms with Crippen LogP contribution in [0.5, 0.6) is 0 Å². The molecule has 25 heavy (non-hydrogen) atoms. The molecule has 130 valence electrons. The van der Waals surface area contributed by atoms with Gasteiger partial charge in [-0.25, -0.2) is 4.98 Å². The Bertz CT molecular complexity index is 879. The zero-order valence-electron chi connectivity index (χ0n) is 14.3. The molecule has 0 aliphatic carbocycles. The third-order valence-electron chi connectivity index (χ3n) is 4.50. The minimum Gasteiger partial charge on any atom is -0.366 e. The predicted octanol–water partition coefficient (Wildman–Crippen LogP) is 3.74. The number of halogens is 1. The van der Waals surface area contributed by atoms with Crippen LogP contribution in [0.3, 0.4) is 0 Å². The van der Waals surface area contributed by atoms with Crippen molar-refractivity contribution in [1.82, 2.24) is 14.5 Å². The van der Waals surface area contributed by atoms with Gasteiger partial charge in [-0.05, 0) is 31.0 Å². The van der Waals surface area contributed by atoms with Crippen LogP contribution in [0.1, 0.15) is 34.4 Å². The maximum atomic E-state index is 12.2. The van der Waals surface area contributed by atoms with E-state index in [9.17, 15) is 4.79 Å². The number of primary amides is 1. The van der Waals surface area contributed by atoms with Crippen molar-refractivity contribution in [3.63, 3.8) is 0 Å². The zero-order valence-corrected chi connectivity index (χ0v) is 15.1. The summed E-state index contributed by atoms with van der Waals surface area (Å²) in [6, 6.07) is 7.53. The molecule has 3 rings (SSSR count). The summed E-state index contributed by atoms with van der Waals surface area (Å²) in [5.74, 6) is -0.405. The summed E-state index contributed by atoms with van der Waals surface area (Å²) in [6.45, 7) is 4.79. The van der Waals surface area contributed by atoms with E-state index in [-0.39, 0.29) is 0 Å². The molecular weight excluding hydrogens is 336 g/mol. The Balaban J connectivity index is 2.10. The number of nitrogens with zero attached hydrogens (tertiary/aromatic N) is 2. The standard InChI is InChI=1S/C19H21ClN4O/c1-3-16-18(13-4-6-14(20)7-5-13)17(19(21)25)12(2)24(16)9-8-15-10-22-11-23-15/h4-7,10-11H,3,8-9H2,1-2H3,(H2,21,25)(H,22,23). The van der Waals surface area contributed by atoms with Crippen LogP contribution >= 0.6 is 11.6 Å². The summed E-state index contributed by atoms with van der Waals surface area (Å²) in [6.07, 6.45) is 5.10. The molecule has 0 aliphatic heterocycles. The molecule has 0 saturated heterocycles. The molecule has 3 aromatic rings. The lowest BCUT2D eigenvalue weighted by Crippen LogP contribution is -2.14. The summed E-state index contributed by atoms with van der Waals surface area (Å²) >= 11 is 6.01. The number of H-pyrrole nitrogens is 1. The molecule has 0 saturated carbocycles. The molecule has 1 aromatic carbocycles. The van der Waals surface area contributed by atoms with Gasteiger partial charge in [-0.15, -0.1) is 0 Å². The highest BCUT2D eigenvalue weighted by molar-refractivity contribution is 6.30. The van der Waals surface area contributed by atoms with E-state index in [1.54, 1.807) is 6.33 Å². The molecule has 5 nitrogen and oxygen atoms in total. The highest BCUT2D eigenvalue weighted by Crippen LogP contribution is 2.34. The number of imidazole rings is 1. The van der Waals surface area contributed by atoms with Crippen LogP contribution in [0.15, 0.2) is 36.8 Å². The normalized spacial score (nSPS) is 11.0. The largest absolute Gasteiger partial charge is 0.366 e. The van der Waals surface area contributed by atoms with Gasteiger partial charge >= 0.3 is 0 Å². The van der Waals surface area contributed by atoms with Crippen molar-refractivity contribution in [2.45, 2.75) is 33.2 Å². The van der Waals surface area contributed by atoms with E-state index in [2.05, 4.69) is 21.5 Å². The second kappa shape index (κ2) is 7.15. The molecule has 1 amide bonds. The Morgan fingerprint density at radius 2 is 2.04 bits per heavy atom. The molecule has 0 bridgehead atoms. The van der Waals surface area contributed by atoms with Crippen LogP contribution in [0.25, 0.3) is 11.1 Å². The van der Waals surface area contributed by atoms with Crippen LogP contribution < -0.4 is 5.73 Å². The van der Waals surface area contributed by atoms with Crippen LogP contribution in [-0.2, 0) is 19.4 Å². The highest BCUT2D eigenvalue weighted by Gasteiger charge is 2.23. The van der Waals surface area contributed by atoms with E-state index in [0.29, 0.717) is 10.6 Å². The molecule has 0 aliphatic rings. The van der Waals surface area contributed by atoms with Crippen molar-refractivity contribution in [1.29, 1.82) is 0 Å². The quantitative estimate of drug-likeness (QED) is 0.705. The Labute approximate surface area is 151 Å². The second-order valence-electron chi connectivity index (χ2n) is 5.99. The van der Waals surface area contributed by atoms with Gasteiger partial charge in [0.2, 0.25) is 0 Å². The number of nitrogens with two attached hydrogens (primary N) is 1. The summed E-state index contributed by atoms with van der Waals surface area (Å²) in [7, 11) is 0. The molecule has 0 unspecified atom stereocenters. The molecule has 0 spiro atoms. The predicted molar refractivity (Wildman–Crippen MR) is 99.8 cm³/mol. The van der Waals surface area contributed by atoms with Gasteiger partial charge in [-0.1, -0.05) is 30.7 Å². The van der Waals surface area contributed by atoms with Crippen LogP contribution in [-0.4, -0.2) is 20.4 Å². The number of rotatable bonds is 6. The molecule has 6 heteroatoms. The van der Waals surface area contributed by atoms with Crippen molar-refractivity contribution in [2.24, 2.45) is 5.73 Å². The average Bonchev–Trinajstić information content (AvgIpc) is 3.19. The van der Waals surface area contributed by atoms with Gasteiger partial charge in [-0.2, -0.15) is 0 Å². The molecule has 0 atom stereocenters. The first-order chi connectivity index (χ1) is 12.0. The Morgan fingerprint density at radius 1 is 1.32 bits per heavy atom. The van der Waals surface area contributed by atoms with Crippen LogP contribution in [0.2, 0.25) is 5.02 Å². The van der Waals surface area contributed by atoms with Crippen molar-refractivity contribution in [3.05, 3.63) is 64.5 Å². The van der Waals surface area contributed by atoms with E-state index >= 15 is 0 Å². The van der Waals surface area contributed by atoms with Gasteiger partial charge < -0.3 is 15.3 Å². The third kappa shape index (κ3) is 3.33. The Hall–Kier alpha value is -2.53. The van der Waals surface area contributed by atoms with E-state index in [1.165, 1.54) is 0 Å². The number of aromatic amines is 1. The number of hydrogen-bond donors (Lipinski definition) is 2. The lowest BCUT2D eigenvalue weighted by molar-refractivity contribution is 0.1000. The minimum atomic E-state index is -0.405. The van der Waals surface area contributed by atoms with Gasteiger partial charge in [0.05, 0.1) is 11.9 Å². The summed E-state index contributed by atoms with van der Waals surface area (Å²) < 4.78 is 2.19. The van der Waals surface area contributed by atoms with E-state index in [1.807, 2.05) is 37.4 Å². The van der Waals surface area contributed by atoms with E-state index in [0.717, 1.165) is 47.6 Å². The monoisotopic (exact) mass is 356 g/mol. The number of hydrogen-bond acceptors (Lipinski definition) is 2. The molecular formula is C19H21ClN4O. The van der Waals surface area contributed by atoms with Gasteiger partial charge in [-0.3, -0.25) is 4.79 Å². The van der Waals surface area contributed by atoms with Crippen LogP contribution in [0, 0.1) is 6.92 Å². The van der Waals surface area contributed by atoms with Gasteiger partial charge in [0, 0.05) is 46.8 Å². The first-order valence-corrected chi connectivity index (χ1v) is 8.65. The average molecular weight is 357 g/mol. The Kier molecular flexibility index (Phi) is 4.95. The molecule has 2 aromatic heterocycles. The minimum absolute atomic E-state index is 0.405. The maximum absolute atomic E-state index is 12.2. The number of aromatic nitrogens is 3. The first-order valence-electron chi connectivity index (χ1n) is 8.27. The van der Waals surface area contributed by atoms with Gasteiger partial charge in [0.1, 0.15) is 0 Å². The SMILES string of the molecule is CCc1c(-c2ccc(Cl)cc2)c(C(N)=O)c(C)n1CCc1cnc[nH]1. The van der Waals surface area contributed by atoms with Crippen molar-refractivity contribution in [2.75, 3.05) is 0 Å². The van der Waals surface area contributed by atoms with Gasteiger partial charge in [0.15, 0.2) is 0 Å². The first kappa shape index (κ1) is 17.3. The fourth-order valence-corrected chi connectivity index (χ4v) is 3.48. The number of benzene rings is 1. The fraction of sp³-hybridized carbons (Fsp3) is 0.263. The lowest BCUT2D eigenvalue weighted by Gasteiger charge is -2.11. The fourth-order valence-electron chi connectivity index (χ4n) is 3.35. The number of amides is 1. The van der Waals surface area contributed by atoms with Gasteiger partial charge in [0.25, 0.3) is 5.91 Å². The van der Waals surface area contributed by atoms with E-state index < -0.39 is 5.91 Å². The molecule has 3 N–H and O–H groups in total. The number of aryl methyl sites for hydroxylation is 1. The van der Waals surface area contributed by atoms with Crippen molar-refractivity contribution < 1.29 is 4.79 Å². The molecule has 0 fully saturated rings. The summed E-state index contributed by atoms with van der Waals surface area (Å²) in [5, 5.41) is 0.665. The van der Waals surface area contributed by atoms with Crippen LogP contribution in [0.4, 0.5) is 0 Å². The smallest absolute Gasteiger partial charge is 0.251 e. The number of nitrogens with one attached hydrogen (secondary N) is 1. The molecule has 2 heterocycles. The third-order valence-corrected chi connectivity index (χ3v) is 4.76. The zero-order chi connectivity index (χ0) is 18.0. The maximum Gasteiger partial charge on any atom is 0.251 e. The summed E-state index contributed by atoms with van der Waals surface area (Å²) in [4.78, 5) is 19.3. The lowest BCUT2D eigenvalue weighted by atomic mass is 9.99. The highest BCUT2D eigenvalue weighted by atomic mass is 35.5. The second-order valence-corrected chi connectivity index (χ2v) is 6.42. The number of carbonyl (C=O) groups is 1. The molecule has 0 radical (unpaired) electrons. The van der Waals surface area contributed by atoms with Crippen molar-refractivity contribution >= 4 is 17.5 Å². The van der Waals surface area contributed by atoms with E-state index in [4.69, 9.17) is 17.3 Å². The summed E-state index contributed by atoms with van der Waals surface area (Å²) in [5.41, 5.74) is 11.2. The topological polar surface area (TPSA) is 76.7 Å². The van der Waals surface area contributed by atoms with Crippen molar-refractivity contribution in [3.8, 4) is 11.1 Å². The Morgan fingerprint density at radius 3 is 2.60 bits per heavy atom. The number of carbonyl (C=O) groups excluding carboxylic acids is 1.